The second kappa shape index (κ2) is 20.7. The molecule has 10 aromatic carbocycles. The Morgan fingerprint density at radius 3 is 0.987 bits per heavy atom. The van der Waals surface area contributed by atoms with Crippen molar-refractivity contribution in [2.75, 3.05) is 9.80 Å². The van der Waals surface area contributed by atoms with Crippen LogP contribution in [-0.2, 0) is 5.41 Å². The predicted octanol–water partition coefficient (Wildman–Crippen LogP) is 19.6. The van der Waals surface area contributed by atoms with Crippen molar-refractivity contribution in [1.82, 2.24) is 9.97 Å². The number of para-hydroxylation sites is 2. The summed E-state index contributed by atoms with van der Waals surface area (Å²) in [5.41, 5.74) is 25.4. The highest BCUT2D eigenvalue weighted by Crippen LogP contribution is 2.44. The number of fused-ring (bicyclic) bond motifs is 1. The first-order chi connectivity index (χ1) is 37.7. The summed E-state index contributed by atoms with van der Waals surface area (Å²) in [6.45, 7) is 11.0. The minimum atomic E-state index is -0.465. The van der Waals surface area contributed by atoms with Crippen LogP contribution in [0, 0.1) is 27.7 Å². The molecule has 77 heavy (non-hydrogen) atoms. The molecule has 0 saturated carbocycles. The Morgan fingerprint density at radius 2 is 0.649 bits per heavy atom. The van der Waals surface area contributed by atoms with Gasteiger partial charge in [0, 0.05) is 45.1 Å². The summed E-state index contributed by atoms with van der Waals surface area (Å²) >= 11 is 0. The van der Waals surface area contributed by atoms with Crippen molar-refractivity contribution in [3.8, 4) is 55.8 Å². The quantitative estimate of drug-likeness (QED) is 0.122. The van der Waals surface area contributed by atoms with E-state index in [1.165, 1.54) is 66.8 Å². The highest BCUT2D eigenvalue weighted by molar-refractivity contribution is 5.84. The van der Waals surface area contributed by atoms with Crippen molar-refractivity contribution in [3.05, 3.63) is 295 Å². The van der Waals surface area contributed by atoms with E-state index in [1.807, 2.05) is 6.07 Å². The molecule has 0 fully saturated rings. The van der Waals surface area contributed by atoms with Crippen LogP contribution in [0.4, 0.5) is 28.4 Å². The molecule has 0 aliphatic heterocycles. The van der Waals surface area contributed by atoms with Crippen LogP contribution in [0.1, 0.15) is 41.3 Å². The first kappa shape index (κ1) is 48.6. The Hall–Kier alpha value is -9.38. The lowest BCUT2D eigenvalue weighted by atomic mass is 9.77. The monoisotopic (exact) mass is 992 g/mol. The third-order valence-electron chi connectivity index (χ3n) is 15.5. The molecule has 1 unspecified atom stereocenters. The highest BCUT2D eigenvalue weighted by Gasteiger charge is 2.33. The fourth-order valence-corrected chi connectivity index (χ4v) is 11.1. The van der Waals surface area contributed by atoms with Gasteiger partial charge in [0.2, 0.25) is 0 Å². The van der Waals surface area contributed by atoms with Crippen molar-refractivity contribution in [2.24, 2.45) is 0 Å². The summed E-state index contributed by atoms with van der Waals surface area (Å²) in [5.74, 6) is 0. The Morgan fingerprint density at radius 1 is 0.338 bits per heavy atom. The molecular formula is C73H60N4. The molecule has 0 saturated heterocycles. The Kier molecular flexibility index (Phi) is 13.1. The van der Waals surface area contributed by atoms with E-state index in [-0.39, 0.29) is 0 Å². The smallest absolute Gasteiger partial charge is 0.0934 e. The average molecular weight is 993 g/mol. The molecule has 1 aromatic heterocycles. The number of rotatable bonds is 12. The van der Waals surface area contributed by atoms with Crippen molar-refractivity contribution >= 4 is 39.5 Å². The molecule has 4 nitrogen and oxygen atoms in total. The van der Waals surface area contributed by atoms with Gasteiger partial charge in [-0.3, -0.25) is 0 Å². The van der Waals surface area contributed by atoms with Crippen molar-refractivity contribution in [2.45, 2.75) is 46.5 Å². The van der Waals surface area contributed by atoms with E-state index in [0.29, 0.717) is 0 Å². The van der Waals surface area contributed by atoms with Crippen LogP contribution in [0.2, 0.25) is 0 Å². The SMILES string of the molecule is Cc1ccccc1-c1ccc(N(C2=CCC(C)(c3nc4ccccc4nc3-c3ccc(N(c4ccc(-c5ccccc5C)cc4)c4ccc(-c5ccccc5C)cc4)cc3)C=C2)c2ccc(-c3ccccc3C)cc2)cc1. The molecule has 1 aliphatic rings. The van der Waals surface area contributed by atoms with Gasteiger partial charge in [0.25, 0.3) is 0 Å². The molecule has 0 N–H and O–H groups in total. The predicted molar refractivity (Wildman–Crippen MR) is 325 cm³/mol. The summed E-state index contributed by atoms with van der Waals surface area (Å²) in [7, 11) is 0. The van der Waals surface area contributed by atoms with Crippen LogP contribution >= 0.6 is 0 Å². The average Bonchev–Trinajstić information content (AvgIpc) is 3.49. The molecule has 0 amide bonds. The van der Waals surface area contributed by atoms with Gasteiger partial charge in [-0.05, 0) is 180 Å². The fourth-order valence-electron chi connectivity index (χ4n) is 11.1. The van der Waals surface area contributed by atoms with E-state index in [2.05, 4.69) is 299 Å². The molecular weight excluding hydrogens is 933 g/mol. The van der Waals surface area contributed by atoms with Gasteiger partial charge in [0.1, 0.15) is 0 Å². The minimum absolute atomic E-state index is 0.465. The normalized spacial score (nSPS) is 14.1. The van der Waals surface area contributed by atoms with E-state index in [1.54, 1.807) is 0 Å². The number of aromatic nitrogens is 2. The number of benzene rings is 10. The van der Waals surface area contributed by atoms with Crippen LogP contribution < -0.4 is 9.80 Å². The molecule has 11 aromatic rings. The zero-order valence-electron chi connectivity index (χ0n) is 44.3. The molecule has 1 heterocycles. The third-order valence-corrected chi connectivity index (χ3v) is 15.5. The Bertz CT molecular complexity index is 3800. The molecule has 0 radical (unpaired) electrons. The van der Waals surface area contributed by atoms with Gasteiger partial charge in [-0.1, -0.05) is 189 Å². The van der Waals surface area contributed by atoms with Gasteiger partial charge in [0.15, 0.2) is 0 Å². The van der Waals surface area contributed by atoms with Gasteiger partial charge in [0.05, 0.1) is 22.4 Å². The number of aryl methyl sites for hydroxylation is 4. The number of hydrogen-bond acceptors (Lipinski definition) is 4. The maximum absolute atomic E-state index is 5.49. The first-order valence-electron chi connectivity index (χ1n) is 26.7. The van der Waals surface area contributed by atoms with E-state index in [0.717, 1.165) is 68.5 Å². The maximum atomic E-state index is 5.49. The van der Waals surface area contributed by atoms with E-state index in [9.17, 15) is 0 Å². The van der Waals surface area contributed by atoms with Crippen LogP contribution in [0.25, 0.3) is 66.8 Å². The third kappa shape index (κ3) is 9.67. The van der Waals surface area contributed by atoms with Crippen LogP contribution in [-0.4, -0.2) is 9.97 Å². The maximum Gasteiger partial charge on any atom is 0.0934 e. The summed E-state index contributed by atoms with van der Waals surface area (Å²) < 4.78 is 0. The van der Waals surface area contributed by atoms with E-state index >= 15 is 0 Å². The molecule has 0 bridgehead atoms. The van der Waals surface area contributed by atoms with Gasteiger partial charge in [-0.2, -0.15) is 0 Å². The Labute approximate surface area is 453 Å². The lowest BCUT2D eigenvalue weighted by Crippen LogP contribution is -2.26. The zero-order chi connectivity index (χ0) is 52.5. The van der Waals surface area contributed by atoms with Crippen molar-refractivity contribution in [3.63, 3.8) is 0 Å². The fraction of sp³-hybridized carbons (Fsp3) is 0.0959. The lowest BCUT2D eigenvalue weighted by molar-refractivity contribution is 0.577. The van der Waals surface area contributed by atoms with E-state index < -0.39 is 5.41 Å². The van der Waals surface area contributed by atoms with Crippen LogP contribution in [0.15, 0.2) is 267 Å². The first-order valence-corrected chi connectivity index (χ1v) is 26.7. The Balaban J connectivity index is 0.902. The van der Waals surface area contributed by atoms with Gasteiger partial charge in [-0.25, -0.2) is 9.97 Å². The second-order valence-electron chi connectivity index (χ2n) is 20.7. The number of hydrogen-bond donors (Lipinski definition) is 0. The van der Waals surface area contributed by atoms with Gasteiger partial charge < -0.3 is 9.80 Å². The number of anilines is 5. The van der Waals surface area contributed by atoms with Crippen molar-refractivity contribution < 1.29 is 0 Å². The lowest BCUT2D eigenvalue weighted by Gasteiger charge is -2.33. The number of allylic oxidation sites excluding steroid dienone is 3. The van der Waals surface area contributed by atoms with Gasteiger partial charge >= 0.3 is 0 Å². The van der Waals surface area contributed by atoms with Crippen molar-refractivity contribution in [1.29, 1.82) is 0 Å². The summed E-state index contributed by atoms with van der Waals surface area (Å²) in [6, 6.07) is 87.3. The molecule has 372 valence electrons. The largest absolute Gasteiger partial charge is 0.311 e. The highest BCUT2D eigenvalue weighted by atomic mass is 15.2. The zero-order valence-corrected chi connectivity index (χ0v) is 44.3. The number of nitrogens with zero attached hydrogens (tertiary/aromatic N) is 4. The molecule has 12 rings (SSSR count). The summed E-state index contributed by atoms with van der Waals surface area (Å²) in [5, 5.41) is 0. The summed E-state index contributed by atoms with van der Waals surface area (Å²) in [6.07, 6.45) is 7.73. The summed E-state index contributed by atoms with van der Waals surface area (Å²) in [4.78, 5) is 15.6. The molecule has 4 heteroatoms. The van der Waals surface area contributed by atoms with Crippen LogP contribution in [0.5, 0.6) is 0 Å². The molecule has 1 atom stereocenters. The topological polar surface area (TPSA) is 32.3 Å². The second-order valence-corrected chi connectivity index (χ2v) is 20.7. The van der Waals surface area contributed by atoms with Crippen LogP contribution in [0.3, 0.4) is 0 Å². The van der Waals surface area contributed by atoms with E-state index in [4.69, 9.17) is 9.97 Å². The molecule has 0 spiro atoms. The molecule has 1 aliphatic carbocycles. The van der Waals surface area contributed by atoms with Gasteiger partial charge in [-0.15, -0.1) is 0 Å². The standard InChI is InChI=1S/C73H60N4/c1-50-16-6-10-20-65(50)54-26-36-59(37-27-54)76(60-38-28-55(29-39-60)66-21-11-7-17-51(66)2)63-44-34-58(35-45-63)71-72(75-70-25-15-14-24-69(70)74-71)73(5)48-46-64(47-49-73)77(61-40-30-56(31-41-61)67-22-12-8-18-52(67)3)62-42-32-57(33-43-62)68-23-13-9-19-53(68)4/h6-48H,49H2,1-5H3. The minimum Gasteiger partial charge on any atom is -0.311 e.